The molecule has 0 unspecified atom stereocenters. The van der Waals surface area contributed by atoms with Gasteiger partial charge in [-0.3, -0.25) is 19.1 Å². The Balaban J connectivity index is 1.27. The van der Waals surface area contributed by atoms with Gasteiger partial charge < -0.3 is 20.7 Å². The van der Waals surface area contributed by atoms with Crippen LogP contribution in [0.3, 0.4) is 0 Å². The summed E-state index contributed by atoms with van der Waals surface area (Å²) in [5, 5.41) is 2.84. The lowest BCUT2D eigenvalue weighted by Crippen LogP contribution is -2.58. The van der Waals surface area contributed by atoms with Crippen LogP contribution < -0.4 is 20.5 Å². The van der Waals surface area contributed by atoms with Gasteiger partial charge in [-0.2, -0.15) is 0 Å². The van der Waals surface area contributed by atoms with E-state index in [-0.39, 0.29) is 25.3 Å². The number of halogens is 1. The lowest BCUT2D eigenvalue weighted by molar-refractivity contribution is -0.140. The van der Waals surface area contributed by atoms with Crippen LogP contribution in [0.15, 0.2) is 30.4 Å². The van der Waals surface area contributed by atoms with Crippen molar-refractivity contribution in [3.63, 3.8) is 0 Å². The summed E-state index contributed by atoms with van der Waals surface area (Å²) in [5.41, 5.74) is 6.11. The van der Waals surface area contributed by atoms with Crippen molar-refractivity contribution in [1.29, 1.82) is 0 Å². The molecule has 3 amide bonds. The van der Waals surface area contributed by atoms with E-state index in [4.69, 9.17) is 10.5 Å². The minimum absolute atomic E-state index is 0.0300. The summed E-state index contributed by atoms with van der Waals surface area (Å²) in [5.74, 6) is -2.50. The number of ether oxygens (including phenoxy) is 1. The number of nitrogens with two attached hydrogens (primary N) is 1. The molecule has 2 aromatic rings. The summed E-state index contributed by atoms with van der Waals surface area (Å²) >= 11 is 0. The van der Waals surface area contributed by atoms with Crippen LogP contribution in [0.4, 0.5) is 4.39 Å². The van der Waals surface area contributed by atoms with Crippen molar-refractivity contribution in [2.75, 3.05) is 6.54 Å². The highest BCUT2D eigenvalue weighted by Crippen LogP contribution is 2.47. The Bertz CT molecular complexity index is 1680. The third-order valence-electron chi connectivity index (χ3n) is 9.55. The molecule has 0 bridgehead atoms. The number of carbonyl (C=O) groups excluding carboxylic acids is 3. The number of nitrogens with one attached hydrogen (secondary N) is 2. The molecule has 5 atom stereocenters. The minimum atomic E-state index is -3.94. The van der Waals surface area contributed by atoms with Gasteiger partial charge in [0.1, 0.15) is 29.2 Å². The quantitative estimate of drug-likeness (QED) is 0.413. The minimum Gasteiger partial charge on any atom is -0.471 e. The van der Waals surface area contributed by atoms with Gasteiger partial charge in [0, 0.05) is 18.4 Å². The first kappa shape index (κ1) is 31.3. The molecule has 4 aliphatic rings. The fourth-order valence-electron chi connectivity index (χ4n) is 6.21. The van der Waals surface area contributed by atoms with E-state index in [0.717, 1.165) is 25.7 Å². The van der Waals surface area contributed by atoms with Gasteiger partial charge in [0.15, 0.2) is 0 Å². The van der Waals surface area contributed by atoms with E-state index in [2.05, 4.69) is 20.0 Å². The van der Waals surface area contributed by atoms with Crippen LogP contribution in [-0.4, -0.2) is 76.0 Å². The van der Waals surface area contributed by atoms with E-state index >= 15 is 0 Å². The van der Waals surface area contributed by atoms with Gasteiger partial charge in [-0.15, -0.1) is 0 Å². The van der Waals surface area contributed by atoms with Crippen molar-refractivity contribution in [3.8, 4) is 5.88 Å². The van der Waals surface area contributed by atoms with Crippen LogP contribution in [-0.2, 0) is 24.4 Å². The van der Waals surface area contributed by atoms with E-state index in [1.54, 1.807) is 13.8 Å². The number of aromatic nitrogens is 2. The van der Waals surface area contributed by atoms with Crippen molar-refractivity contribution < 1.29 is 31.9 Å². The molecular weight excluding hydrogens is 603 g/mol. The van der Waals surface area contributed by atoms with E-state index in [1.807, 2.05) is 12.2 Å². The Labute approximate surface area is 261 Å². The molecule has 1 aromatic carbocycles. The molecule has 14 heteroatoms. The van der Waals surface area contributed by atoms with Crippen molar-refractivity contribution >= 4 is 38.8 Å². The standard InChI is InChI=1S/C31H39FN6O6S/c1-18-27(35-24-14-20(32)10-11-23(24)34-18)44-21-15-25-26(39)36-31(29(41)37-45(42,43)30(2)12-13-30)16-19(31)8-6-4-3-5-7-9-22(33)28(40)38(25)17-21/h6,8,10-11,14,19,21-22,25H,3-5,7,9,12-13,15-17,33H2,1-2H3,(H,36,39)(H,37,41)/t19-,21-,22+,25+,31-/m1/s1. The fraction of sp³-hybridized carbons (Fsp3) is 0.581. The largest absolute Gasteiger partial charge is 0.471 e. The Hall–Kier alpha value is -3.65. The third-order valence-corrected chi connectivity index (χ3v) is 11.7. The fourth-order valence-corrected chi connectivity index (χ4v) is 7.52. The first-order valence-electron chi connectivity index (χ1n) is 15.5. The Morgan fingerprint density at radius 1 is 1.18 bits per heavy atom. The second kappa shape index (κ2) is 11.6. The molecule has 3 fully saturated rings. The predicted octanol–water partition coefficient (Wildman–Crippen LogP) is 2.15. The number of amides is 3. The number of rotatable bonds is 5. The lowest BCUT2D eigenvalue weighted by Gasteiger charge is -2.28. The van der Waals surface area contributed by atoms with E-state index < -0.39 is 68.0 Å². The first-order valence-corrected chi connectivity index (χ1v) is 17.0. The number of allylic oxidation sites excluding steroid dienone is 1. The van der Waals surface area contributed by atoms with E-state index in [0.29, 0.717) is 36.0 Å². The smallest absolute Gasteiger partial charge is 0.259 e. The summed E-state index contributed by atoms with van der Waals surface area (Å²) in [6.07, 6.45) is 8.00. The van der Waals surface area contributed by atoms with Gasteiger partial charge in [0.05, 0.1) is 28.4 Å². The normalized spacial score (nSPS) is 30.0. The number of aryl methyl sites for hydroxylation is 1. The van der Waals surface area contributed by atoms with Crippen molar-refractivity contribution in [1.82, 2.24) is 24.9 Å². The summed E-state index contributed by atoms with van der Waals surface area (Å²) < 4.78 is 47.1. The molecule has 0 spiro atoms. The number of carbonyl (C=O) groups is 3. The van der Waals surface area contributed by atoms with E-state index in [9.17, 15) is 27.2 Å². The summed E-state index contributed by atoms with van der Waals surface area (Å²) in [6.45, 7) is 3.32. The van der Waals surface area contributed by atoms with Gasteiger partial charge in [-0.1, -0.05) is 25.0 Å². The molecule has 0 radical (unpaired) electrons. The zero-order chi connectivity index (χ0) is 32.1. The predicted molar refractivity (Wildman–Crippen MR) is 163 cm³/mol. The number of benzene rings is 1. The zero-order valence-electron chi connectivity index (χ0n) is 25.4. The average Bonchev–Trinajstić information content (AvgIpc) is 3.86. The number of fused-ring (bicyclic) bond motifs is 3. The lowest BCUT2D eigenvalue weighted by atomic mass is 10.1. The molecule has 1 saturated heterocycles. The topological polar surface area (TPSA) is 174 Å². The van der Waals surface area contributed by atoms with Gasteiger partial charge in [0.2, 0.25) is 27.7 Å². The van der Waals surface area contributed by atoms with Gasteiger partial charge in [0.25, 0.3) is 5.91 Å². The van der Waals surface area contributed by atoms with Crippen LogP contribution in [0.1, 0.15) is 70.4 Å². The number of hydrogen-bond acceptors (Lipinski definition) is 9. The second-order valence-electron chi connectivity index (χ2n) is 13.1. The third kappa shape index (κ3) is 6.14. The van der Waals surface area contributed by atoms with Crippen molar-refractivity contribution in [3.05, 3.63) is 41.9 Å². The van der Waals surface area contributed by atoms with Crippen LogP contribution in [0.25, 0.3) is 11.0 Å². The second-order valence-corrected chi connectivity index (χ2v) is 15.3. The maximum atomic E-state index is 14.0. The van der Waals surface area contributed by atoms with Crippen LogP contribution in [0, 0.1) is 18.7 Å². The molecule has 3 heterocycles. The monoisotopic (exact) mass is 642 g/mol. The molecule has 2 saturated carbocycles. The average molecular weight is 643 g/mol. The molecule has 2 aliphatic heterocycles. The van der Waals surface area contributed by atoms with Crippen molar-refractivity contribution in [2.45, 2.75) is 100 Å². The van der Waals surface area contributed by atoms with Crippen molar-refractivity contribution in [2.24, 2.45) is 11.7 Å². The van der Waals surface area contributed by atoms with Crippen LogP contribution in [0.2, 0.25) is 0 Å². The Kier molecular flexibility index (Phi) is 8.09. The Morgan fingerprint density at radius 2 is 1.96 bits per heavy atom. The molecule has 45 heavy (non-hydrogen) atoms. The maximum Gasteiger partial charge on any atom is 0.259 e. The zero-order valence-corrected chi connectivity index (χ0v) is 26.2. The van der Waals surface area contributed by atoms with Gasteiger partial charge in [-0.05, 0) is 64.5 Å². The molecule has 6 rings (SSSR count). The number of sulfonamides is 1. The van der Waals surface area contributed by atoms with Gasteiger partial charge >= 0.3 is 0 Å². The molecular formula is C31H39FN6O6S. The number of nitrogens with zero attached hydrogens (tertiary/aromatic N) is 3. The number of hydrogen-bond donors (Lipinski definition) is 3. The maximum absolute atomic E-state index is 14.0. The highest BCUT2D eigenvalue weighted by atomic mass is 32.2. The van der Waals surface area contributed by atoms with E-state index in [1.165, 1.54) is 23.1 Å². The molecule has 4 N–H and O–H groups in total. The van der Waals surface area contributed by atoms with Crippen LogP contribution in [0.5, 0.6) is 5.88 Å². The summed E-state index contributed by atoms with van der Waals surface area (Å²) in [6, 6.07) is 2.20. The molecule has 242 valence electrons. The SMILES string of the molecule is Cc1nc2ccc(F)cc2nc1O[C@@H]1C[C@H]2C(=O)N[C@]3(C(=O)NS(=O)(=O)C4(C)CC4)C[C@H]3C=CCCCCC[C@H](N)C(=O)N2C1. The molecule has 1 aromatic heterocycles. The highest BCUT2D eigenvalue weighted by Gasteiger charge is 2.63. The highest BCUT2D eigenvalue weighted by molar-refractivity contribution is 7.91. The molecule has 12 nitrogen and oxygen atoms in total. The summed E-state index contributed by atoms with van der Waals surface area (Å²) in [4.78, 5) is 51.4. The van der Waals surface area contributed by atoms with Crippen LogP contribution >= 0.6 is 0 Å². The van der Waals surface area contributed by atoms with Gasteiger partial charge in [-0.25, -0.2) is 22.8 Å². The molecule has 2 aliphatic carbocycles. The summed E-state index contributed by atoms with van der Waals surface area (Å²) in [7, 11) is -3.94. The Morgan fingerprint density at radius 3 is 2.71 bits per heavy atom. The first-order chi connectivity index (χ1) is 21.3.